The van der Waals surface area contributed by atoms with Crippen LogP contribution < -0.4 is 16.0 Å². The van der Waals surface area contributed by atoms with Crippen LogP contribution in [0.1, 0.15) is 0 Å². The van der Waals surface area contributed by atoms with Crippen molar-refractivity contribution in [3.63, 3.8) is 0 Å². The number of nitrogen functional groups attached to an aromatic ring is 1. The maximum absolute atomic E-state index is 11.3. The van der Waals surface area contributed by atoms with E-state index in [4.69, 9.17) is 16.0 Å². The van der Waals surface area contributed by atoms with E-state index >= 15 is 0 Å². The number of anilines is 1. The van der Waals surface area contributed by atoms with Gasteiger partial charge in [-0.15, -0.1) is 5.11 Å². The fraction of sp³-hybridized carbons (Fsp3) is 0. The predicted octanol–water partition coefficient (Wildman–Crippen LogP) is 0.979. The minimum Gasteiger partial charge on any atom is -0.397 e. The van der Waals surface area contributed by atoms with Crippen molar-refractivity contribution >= 4 is 37.1 Å². The fourth-order valence-electron chi connectivity index (χ4n) is 1.60. The van der Waals surface area contributed by atoms with E-state index in [1.807, 2.05) is 0 Å². The number of sulfonamides is 2. The third kappa shape index (κ3) is 4.32. The first kappa shape index (κ1) is 17.0. The quantitative estimate of drug-likeness (QED) is 0.547. The number of nitrogens with zero attached hydrogens (tertiary/aromatic N) is 2. The summed E-state index contributed by atoms with van der Waals surface area (Å²) in [5.74, 6) is 0. The van der Waals surface area contributed by atoms with Gasteiger partial charge in [0.25, 0.3) is 0 Å². The largest absolute Gasteiger partial charge is 0.397 e. The van der Waals surface area contributed by atoms with E-state index in [9.17, 15) is 16.8 Å². The molecule has 0 spiro atoms. The zero-order valence-electron chi connectivity index (χ0n) is 11.6. The van der Waals surface area contributed by atoms with Crippen molar-refractivity contribution < 1.29 is 16.8 Å². The molecule has 0 saturated heterocycles. The molecule has 0 bridgehead atoms. The number of benzene rings is 2. The Morgan fingerprint density at radius 2 is 1.26 bits per heavy atom. The van der Waals surface area contributed by atoms with Gasteiger partial charge < -0.3 is 5.73 Å². The zero-order valence-corrected chi connectivity index (χ0v) is 13.3. The molecule has 0 unspecified atom stereocenters. The first-order valence-corrected chi connectivity index (χ1v) is 9.13. The highest BCUT2D eigenvalue weighted by Gasteiger charge is 2.10. The summed E-state index contributed by atoms with van der Waals surface area (Å²) in [5, 5.41) is 17.7. The number of rotatable bonds is 4. The highest BCUT2D eigenvalue weighted by molar-refractivity contribution is 7.89. The smallest absolute Gasteiger partial charge is 0.238 e. The van der Waals surface area contributed by atoms with Crippen LogP contribution in [0.15, 0.2) is 62.5 Å². The first-order chi connectivity index (χ1) is 10.6. The van der Waals surface area contributed by atoms with Crippen LogP contribution in [0.5, 0.6) is 0 Å². The maximum Gasteiger partial charge on any atom is 0.238 e. The lowest BCUT2D eigenvalue weighted by Gasteiger charge is -2.02. The summed E-state index contributed by atoms with van der Waals surface area (Å²) < 4.78 is 44.9. The molecule has 0 aromatic heterocycles. The van der Waals surface area contributed by atoms with Crippen LogP contribution in [0, 0.1) is 0 Å². The molecule has 0 fully saturated rings. The molecule has 0 saturated carbocycles. The molecule has 2 rings (SSSR count). The number of hydrogen-bond donors (Lipinski definition) is 3. The summed E-state index contributed by atoms with van der Waals surface area (Å²) in [6.07, 6.45) is 0. The molecule has 0 atom stereocenters. The molecule has 11 heteroatoms. The molecule has 0 heterocycles. The average Bonchev–Trinajstić information content (AvgIpc) is 2.44. The Bertz CT molecular complexity index is 967. The van der Waals surface area contributed by atoms with Gasteiger partial charge in [-0.1, -0.05) is 0 Å². The Kier molecular flexibility index (Phi) is 4.47. The van der Waals surface area contributed by atoms with Crippen LogP contribution in [-0.2, 0) is 20.0 Å². The Morgan fingerprint density at radius 1 is 0.739 bits per heavy atom. The van der Waals surface area contributed by atoms with Crippen LogP contribution in [0.2, 0.25) is 0 Å². The fourth-order valence-corrected chi connectivity index (χ4v) is 2.65. The normalized spacial score (nSPS) is 12.6. The SMILES string of the molecule is Nc1ccc(S(N)(=O)=O)cc1N=Nc1ccc(S(N)(=O)=O)cc1. The minimum atomic E-state index is -3.88. The minimum absolute atomic E-state index is 0.0628. The second-order valence-electron chi connectivity index (χ2n) is 4.50. The Labute approximate surface area is 132 Å². The van der Waals surface area contributed by atoms with Crippen molar-refractivity contribution in [2.45, 2.75) is 9.79 Å². The van der Waals surface area contributed by atoms with Gasteiger partial charge in [0.2, 0.25) is 20.0 Å². The van der Waals surface area contributed by atoms with E-state index in [0.717, 1.165) is 0 Å². The maximum atomic E-state index is 11.3. The standard InChI is InChI=1S/C12H13N5O4S2/c13-11-6-5-10(23(15,20)21)7-12(11)17-16-8-1-3-9(4-2-8)22(14,18)19/h1-7H,13H2,(H2,14,18,19)(H2,15,20,21). The number of azo groups is 1. The molecule has 0 amide bonds. The van der Waals surface area contributed by atoms with Gasteiger partial charge in [0.1, 0.15) is 5.69 Å². The molecule has 2 aromatic rings. The van der Waals surface area contributed by atoms with Crippen LogP contribution in [0.4, 0.5) is 17.1 Å². The lowest BCUT2D eigenvalue weighted by Crippen LogP contribution is -2.11. The molecular formula is C12H13N5O4S2. The van der Waals surface area contributed by atoms with Crippen molar-refractivity contribution in [3.05, 3.63) is 42.5 Å². The van der Waals surface area contributed by atoms with E-state index in [-0.39, 0.29) is 21.2 Å². The highest BCUT2D eigenvalue weighted by Crippen LogP contribution is 2.27. The molecule has 122 valence electrons. The molecular weight excluding hydrogens is 342 g/mol. The van der Waals surface area contributed by atoms with Gasteiger partial charge in [-0.05, 0) is 42.5 Å². The lowest BCUT2D eigenvalue weighted by molar-refractivity contribution is 0.596. The summed E-state index contributed by atoms with van der Waals surface area (Å²) in [5.41, 5.74) is 6.35. The summed E-state index contributed by atoms with van der Waals surface area (Å²) in [7, 11) is -7.67. The highest BCUT2D eigenvalue weighted by atomic mass is 32.2. The van der Waals surface area contributed by atoms with Crippen molar-refractivity contribution in [1.82, 2.24) is 0 Å². The van der Waals surface area contributed by atoms with E-state index in [2.05, 4.69) is 10.2 Å². The van der Waals surface area contributed by atoms with Crippen molar-refractivity contribution in [2.24, 2.45) is 20.5 Å². The van der Waals surface area contributed by atoms with Gasteiger partial charge in [0.15, 0.2) is 0 Å². The van der Waals surface area contributed by atoms with Crippen LogP contribution >= 0.6 is 0 Å². The van der Waals surface area contributed by atoms with E-state index in [1.165, 1.54) is 42.5 Å². The van der Waals surface area contributed by atoms with Gasteiger partial charge in [-0.25, -0.2) is 27.1 Å². The molecule has 0 aliphatic heterocycles. The monoisotopic (exact) mass is 355 g/mol. The summed E-state index contributed by atoms with van der Waals surface area (Å²) in [6.45, 7) is 0. The Balaban J connectivity index is 2.33. The predicted molar refractivity (Wildman–Crippen MR) is 84.2 cm³/mol. The van der Waals surface area contributed by atoms with Gasteiger partial charge in [-0.3, -0.25) is 0 Å². The summed E-state index contributed by atoms with van der Waals surface area (Å²) in [4.78, 5) is -0.211. The molecule has 0 radical (unpaired) electrons. The molecule has 0 aliphatic carbocycles. The summed E-state index contributed by atoms with van der Waals surface area (Å²) in [6, 6.07) is 9.11. The number of primary sulfonamides is 2. The Hall–Kier alpha value is -2.34. The molecule has 23 heavy (non-hydrogen) atoms. The van der Waals surface area contributed by atoms with E-state index in [1.54, 1.807) is 0 Å². The summed E-state index contributed by atoms with van der Waals surface area (Å²) >= 11 is 0. The van der Waals surface area contributed by atoms with Crippen LogP contribution in [-0.4, -0.2) is 16.8 Å². The third-order valence-electron chi connectivity index (χ3n) is 2.77. The average molecular weight is 355 g/mol. The van der Waals surface area contributed by atoms with E-state index in [0.29, 0.717) is 5.69 Å². The number of nitrogens with two attached hydrogens (primary N) is 3. The van der Waals surface area contributed by atoms with Crippen LogP contribution in [0.25, 0.3) is 0 Å². The molecule has 2 aromatic carbocycles. The molecule has 6 N–H and O–H groups in total. The van der Waals surface area contributed by atoms with Gasteiger partial charge in [-0.2, -0.15) is 5.11 Å². The van der Waals surface area contributed by atoms with Crippen molar-refractivity contribution in [2.75, 3.05) is 5.73 Å². The zero-order chi connectivity index (χ0) is 17.3. The van der Waals surface area contributed by atoms with Crippen molar-refractivity contribution in [1.29, 1.82) is 0 Å². The van der Waals surface area contributed by atoms with E-state index < -0.39 is 20.0 Å². The lowest BCUT2D eigenvalue weighted by atomic mass is 10.3. The second-order valence-corrected chi connectivity index (χ2v) is 7.63. The topological polar surface area (TPSA) is 171 Å². The Morgan fingerprint density at radius 3 is 1.78 bits per heavy atom. The van der Waals surface area contributed by atoms with Gasteiger partial charge >= 0.3 is 0 Å². The molecule has 9 nitrogen and oxygen atoms in total. The third-order valence-corrected chi connectivity index (χ3v) is 4.61. The first-order valence-electron chi connectivity index (χ1n) is 6.04. The van der Waals surface area contributed by atoms with Gasteiger partial charge in [0, 0.05) is 0 Å². The molecule has 0 aliphatic rings. The van der Waals surface area contributed by atoms with Crippen LogP contribution in [0.3, 0.4) is 0 Å². The van der Waals surface area contributed by atoms with Crippen molar-refractivity contribution in [3.8, 4) is 0 Å². The second kappa shape index (κ2) is 6.04. The van der Waals surface area contributed by atoms with Gasteiger partial charge in [0.05, 0.1) is 21.2 Å². The number of hydrogen-bond acceptors (Lipinski definition) is 7.